The third-order valence-corrected chi connectivity index (χ3v) is 8.17. The number of aryl methyl sites for hydroxylation is 1. The summed E-state index contributed by atoms with van der Waals surface area (Å²) in [6.45, 7) is 2.67. The highest BCUT2D eigenvalue weighted by Gasteiger charge is 2.51. The first-order chi connectivity index (χ1) is 19.4. The van der Waals surface area contributed by atoms with Gasteiger partial charge >= 0.3 is 12.0 Å². The second-order valence-corrected chi connectivity index (χ2v) is 10.8. The van der Waals surface area contributed by atoms with E-state index in [1.807, 2.05) is 54.6 Å². The van der Waals surface area contributed by atoms with E-state index in [9.17, 15) is 19.5 Å². The molecule has 0 bridgehead atoms. The van der Waals surface area contributed by atoms with Crippen LogP contribution in [0.5, 0.6) is 0 Å². The molecule has 6 rings (SSSR count). The molecule has 1 spiro atoms. The number of anilines is 1. The lowest BCUT2D eigenvalue weighted by atomic mass is 9.82. The summed E-state index contributed by atoms with van der Waals surface area (Å²) >= 11 is 0. The summed E-state index contributed by atoms with van der Waals surface area (Å²) in [4.78, 5) is 44.4. The summed E-state index contributed by atoms with van der Waals surface area (Å²) < 4.78 is 2.15. The van der Waals surface area contributed by atoms with Crippen molar-refractivity contribution in [2.75, 3.05) is 4.90 Å². The van der Waals surface area contributed by atoms with Crippen LogP contribution in [-0.2, 0) is 17.8 Å². The van der Waals surface area contributed by atoms with Gasteiger partial charge in [0.25, 0.3) is 5.91 Å². The molecule has 8 nitrogen and oxygen atoms in total. The van der Waals surface area contributed by atoms with Gasteiger partial charge in [-0.05, 0) is 60.2 Å². The van der Waals surface area contributed by atoms with Crippen molar-refractivity contribution in [3.63, 3.8) is 0 Å². The van der Waals surface area contributed by atoms with Gasteiger partial charge in [-0.25, -0.2) is 19.5 Å². The molecule has 1 saturated carbocycles. The van der Waals surface area contributed by atoms with Gasteiger partial charge in [0.2, 0.25) is 0 Å². The predicted octanol–water partition coefficient (Wildman–Crippen LogP) is 6.16. The van der Waals surface area contributed by atoms with Crippen LogP contribution in [0.1, 0.15) is 67.2 Å². The van der Waals surface area contributed by atoms with Gasteiger partial charge in [0.05, 0.1) is 22.3 Å². The Balaban J connectivity index is 1.34. The number of rotatable bonds is 7. The molecule has 3 aromatic carbocycles. The minimum absolute atomic E-state index is 0.159. The monoisotopic (exact) mass is 536 g/mol. The highest BCUT2D eigenvalue weighted by molar-refractivity contribution is 6.23. The zero-order valence-corrected chi connectivity index (χ0v) is 22.5. The number of aromatic carboxylic acids is 1. The standard InChI is InChI=1S/C32H32N4O4/c1-2-8-28-33-26-16-15-23(36-30(39)32(34-31(36)40)17-6-3-7-18-32)19-27(26)35(28)20-21-11-13-22(14-12-21)24-9-4-5-10-25(24)29(37)38/h4-5,9-16,19H,2-3,6-8,17-18,20H2,1H3,(H,34,40)(H,37,38). The van der Waals surface area contributed by atoms with Crippen LogP contribution in [-0.4, -0.2) is 38.1 Å². The van der Waals surface area contributed by atoms with Crippen LogP contribution < -0.4 is 10.2 Å². The average Bonchev–Trinajstić information content (AvgIpc) is 3.41. The molecule has 0 unspecified atom stereocenters. The second kappa shape index (κ2) is 10.3. The largest absolute Gasteiger partial charge is 0.478 e. The molecular formula is C32H32N4O4. The average molecular weight is 537 g/mol. The summed E-state index contributed by atoms with van der Waals surface area (Å²) in [5, 5.41) is 12.6. The molecule has 204 valence electrons. The van der Waals surface area contributed by atoms with Crippen molar-refractivity contribution in [1.82, 2.24) is 14.9 Å². The molecule has 8 heteroatoms. The first-order valence-corrected chi connectivity index (χ1v) is 14.0. The summed E-state index contributed by atoms with van der Waals surface area (Å²) in [6.07, 6.45) is 6.05. The predicted molar refractivity (Wildman–Crippen MR) is 154 cm³/mol. The van der Waals surface area contributed by atoms with Gasteiger partial charge in [-0.2, -0.15) is 0 Å². The number of aromatic nitrogens is 2. The van der Waals surface area contributed by atoms with E-state index in [1.165, 1.54) is 4.90 Å². The summed E-state index contributed by atoms with van der Waals surface area (Å²) in [7, 11) is 0. The van der Waals surface area contributed by atoms with Gasteiger partial charge in [0.1, 0.15) is 11.4 Å². The number of hydrogen-bond acceptors (Lipinski definition) is 4. The van der Waals surface area contributed by atoms with Gasteiger partial charge < -0.3 is 15.0 Å². The van der Waals surface area contributed by atoms with E-state index < -0.39 is 11.5 Å². The molecule has 4 aromatic rings. The maximum absolute atomic E-state index is 13.5. The number of fused-ring (bicyclic) bond motifs is 1. The summed E-state index contributed by atoms with van der Waals surface area (Å²) in [5.41, 5.74) is 4.28. The van der Waals surface area contributed by atoms with E-state index in [4.69, 9.17) is 4.98 Å². The number of hydrogen-bond donors (Lipinski definition) is 2. The van der Waals surface area contributed by atoms with Crippen LogP contribution in [0, 0.1) is 0 Å². The third kappa shape index (κ3) is 4.43. The molecule has 1 aliphatic heterocycles. The maximum Gasteiger partial charge on any atom is 0.336 e. The normalized spacial score (nSPS) is 16.6. The minimum atomic E-state index is -0.954. The van der Waals surface area contributed by atoms with Crippen LogP contribution >= 0.6 is 0 Å². The quantitative estimate of drug-likeness (QED) is 0.275. The highest BCUT2D eigenvalue weighted by Crippen LogP contribution is 2.37. The number of amides is 3. The molecule has 2 N–H and O–H groups in total. The Morgan fingerprint density at radius 3 is 2.48 bits per heavy atom. The number of benzene rings is 3. The number of nitrogens with zero attached hydrogens (tertiary/aromatic N) is 3. The summed E-state index contributed by atoms with van der Waals surface area (Å²) in [6, 6.07) is 20.1. The molecule has 40 heavy (non-hydrogen) atoms. The number of urea groups is 1. The van der Waals surface area contributed by atoms with Crippen molar-refractivity contribution in [1.29, 1.82) is 0 Å². The molecule has 1 saturated heterocycles. The number of carbonyl (C=O) groups is 3. The molecule has 1 aromatic heterocycles. The zero-order chi connectivity index (χ0) is 27.9. The van der Waals surface area contributed by atoms with E-state index >= 15 is 0 Å². The van der Waals surface area contributed by atoms with Crippen LogP contribution in [0.4, 0.5) is 10.5 Å². The topological polar surface area (TPSA) is 105 Å². The van der Waals surface area contributed by atoms with Gasteiger partial charge in [-0.15, -0.1) is 0 Å². The molecule has 2 fully saturated rings. The molecule has 3 amide bonds. The molecule has 2 aliphatic rings. The lowest BCUT2D eigenvalue weighted by molar-refractivity contribution is -0.123. The number of carbonyl (C=O) groups excluding carboxylic acids is 2. The van der Waals surface area contributed by atoms with Crippen molar-refractivity contribution in [3.05, 3.63) is 83.7 Å². The number of carboxylic acids is 1. The van der Waals surface area contributed by atoms with Crippen LogP contribution in [0.15, 0.2) is 66.7 Å². The van der Waals surface area contributed by atoms with Gasteiger partial charge in [-0.1, -0.05) is 68.7 Å². The smallest absolute Gasteiger partial charge is 0.336 e. The van der Waals surface area contributed by atoms with E-state index in [1.54, 1.807) is 12.1 Å². The van der Waals surface area contributed by atoms with E-state index in [-0.39, 0.29) is 17.5 Å². The number of imidazole rings is 1. The number of imide groups is 1. The van der Waals surface area contributed by atoms with E-state index in [0.717, 1.165) is 60.1 Å². The van der Waals surface area contributed by atoms with Gasteiger partial charge in [-0.3, -0.25) is 4.79 Å². The lowest BCUT2D eigenvalue weighted by Gasteiger charge is -2.30. The Morgan fingerprint density at radius 1 is 1.00 bits per heavy atom. The summed E-state index contributed by atoms with van der Waals surface area (Å²) in [5.74, 6) is -0.173. The Kier molecular flexibility index (Phi) is 6.62. The fourth-order valence-electron chi connectivity index (χ4n) is 6.13. The Hall–Kier alpha value is -4.46. The molecule has 0 atom stereocenters. The van der Waals surface area contributed by atoms with Crippen LogP contribution in [0.2, 0.25) is 0 Å². The first kappa shape index (κ1) is 25.8. The molecule has 2 heterocycles. The highest BCUT2D eigenvalue weighted by atomic mass is 16.4. The molecule has 1 aliphatic carbocycles. The number of carboxylic acid groups (broad SMARTS) is 1. The van der Waals surface area contributed by atoms with Crippen molar-refractivity contribution in [2.45, 2.75) is 64.0 Å². The SMILES string of the molecule is CCCc1nc2ccc(N3C(=O)NC4(CCCCC4)C3=O)cc2n1Cc1ccc(-c2ccccc2C(=O)O)cc1. The van der Waals surface area contributed by atoms with Crippen molar-refractivity contribution in [3.8, 4) is 11.1 Å². The maximum atomic E-state index is 13.5. The van der Waals surface area contributed by atoms with Gasteiger partial charge in [0.15, 0.2) is 0 Å². The molecule has 0 radical (unpaired) electrons. The molecular weight excluding hydrogens is 504 g/mol. The first-order valence-electron chi connectivity index (χ1n) is 14.0. The van der Waals surface area contributed by atoms with Crippen molar-refractivity contribution >= 4 is 34.6 Å². The lowest BCUT2D eigenvalue weighted by Crippen LogP contribution is -2.48. The zero-order valence-electron chi connectivity index (χ0n) is 22.5. The van der Waals surface area contributed by atoms with Crippen LogP contribution in [0.25, 0.3) is 22.2 Å². The Morgan fingerprint density at radius 2 is 1.75 bits per heavy atom. The van der Waals surface area contributed by atoms with Crippen molar-refractivity contribution in [2.24, 2.45) is 0 Å². The number of nitrogens with one attached hydrogen (secondary N) is 1. The minimum Gasteiger partial charge on any atom is -0.478 e. The van der Waals surface area contributed by atoms with Crippen LogP contribution in [0.3, 0.4) is 0 Å². The van der Waals surface area contributed by atoms with Crippen molar-refractivity contribution < 1.29 is 19.5 Å². The Labute approximate surface area is 232 Å². The third-order valence-electron chi connectivity index (χ3n) is 8.17. The van der Waals surface area contributed by atoms with E-state index in [2.05, 4.69) is 16.8 Å². The van der Waals surface area contributed by atoms with Gasteiger partial charge in [0, 0.05) is 13.0 Å². The fourth-order valence-corrected chi connectivity index (χ4v) is 6.13. The second-order valence-electron chi connectivity index (χ2n) is 10.8. The van der Waals surface area contributed by atoms with E-state index in [0.29, 0.717) is 30.6 Å². The Bertz CT molecular complexity index is 1620. The fraction of sp³-hybridized carbons (Fsp3) is 0.312.